The lowest BCUT2D eigenvalue weighted by atomic mass is 10.0. The number of amides is 2. The molecule has 1 aromatic heterocycles. The van der Waals surface area contributed by atoms with Crippen molar-refractivity contribution in [2.24, 2.45) is 0 Å². The molecule has 3 rings (SSSR count). The Labute approximate surface area is 172 Å². The second-order valence-corrected chi connectivity index (χ2v) is 7.40. The fraction of sp³-hybridized carbons (Fsp3) is 0.292. The van der Waals surface area contributed by atoms with Gasteiger partial charge in [-0.05, 0) is 60.6 Å². The van der Waals surface area contributed by atoms with Crippen molar-refractivity contribution in [2.75, 3.05) is 18.4 Å². The quantitative estimate of drug-likeness (QED) is 0.606. The average molecular weight is 389 g/mol. The van der Waals surface area contributed by atoms with Gasteiger partial charge in [0.15, 0.2) is 0 Å². The van der Waals surface area contributed by atoms with Crippen LogP contribution in [-0.2, 0) is 16.0 Å². The Bertz CT molecular complexity index is 937. The molecule has 0 fully saturated rings. The van der Waals surface area contributed by atoms with Crippen LogP contribution in [0.15, 0.2) is 66.4 Å². The Balaban J connectivity index is 1.63. The lowest BCUT2D eigenvalue weighted by molar-refractivity contribution is -0.125. The number of hydrogen-bond acceptors (Lipinski definition) is 3. The van der Waals surface area contributed by atoms with Crippen molar-refractivity contribution in [2.45, 2.75) is 32.6 Å². The molecule has 0 saturated heterocycles. The maximum Gasteiger partial charge on any atom is 0.246 e. The first-order valence-corrected chi connectivity index (χ1v) is 9.91. The fourth-order valence-electron chi connectivity index (χ4n) is 3.53. The summed E-state index contributed by atoms with van der Waals surface area (Å²) in [5, 5.41) is 2.77. The van der Waals surface area contributed by atoms with E-state index < -0.39 is 0 Å². The molecule has 0 aliphatic carbocycles. The summed E-state index contributed by atoms with van der Waals surface area (Å²) in [6.45, 7) is 11.2. The summed E-state index contributed by atoms with van der Waals surface area (Å²) in [5.74, 6) is 0.613. The molecule has 0 aromatic carbocycles. The van der Waals surface area contributed by atoms with E-state index in [1.165, 1.54) is 5.57 Å². The minimum atomic E-state index is -0.00490. The number of nitrogens with one attached hydrogen (secondary N) is 1. The maximum absolute atomic E-state index is 12.7. The standard InChI is InChI=1S/C24H27N3O2/c1-4-19(14-17(2)3)20-6-5-12-27(13-11-20)23(29)10-7-18-15-21-8-9-22(28)26-24(21)25-16-18/h4,6-7,10,14-16H,1-2,5,8-9,11-13H2,3H3,(H,25,26,28)/b10-7+,19-14+. The van der Waals surface area contributed by atoms with Gasteiger partial charge < -0.3 is 10.2 Å². The Morgan fingerprint density at radius 1 is 1.28 bits per heavy atom. The highest BCUT2D eigenvalue weighted by Gasteiger charge is 2.17. The van der Waals surface area contributed by atoms with Crippen LogP contribution in [0.25, 0.3) is 6.08 Å². The van der Waals surface area contributed by atoms with E-state index in [4.69, 9.17) is 0 Å². The molecule has 5 heteroatoms. The van der Waals surface area contributed by atoms with Gasteiger partial charge in [0.2, 0.25) is 11.8 Å². The maximum atomic E-state index is 12.7. The highest BCUT2D eigenvalue weighted by atomic mass is 16.2. The van der Waals surface area contributed by atoms with Crippen LogP contribution in [0.2, 0.25) is 0 Å². The molecule has 0 saturated carbocycles. The first-order valence-electron chi connectivity index (χ1n) is 9.91. The molecule has 0 bridgehead atoms. The molecule has 150 valence electrons. The molecule has 1 N–H and O–H groups in total. The predicted molar refractivity (Wildman–Crippen MR) is 117 cm³/mol. The molecule has 29 heavy (non-hydrogen) atoms. The van der Waals surface area contributed by atoms with E-state index in [0.29, 0.717) is 31.7 Å². The lowest BCUT2D eigenvalue weighted by Gasteiger charge is -2.19. The van der Waals surface area contributed by atoms with E-state index in [-0.39, 0.29) is 11.8 Å². The van der Waals surface area contributed by atoms with E-state index in [1.807, 2.05) is 30.0 Å². The highest BCUT2D eigenvalue weighted by molar-refractivity contribution is 5.93. The third-order valence-electron chi connectivity index (χ3n) is 5.03. The molecule has 5 nitrogen and oxygen atoms in total. The Kier molecular flexibility index (Phi) is 6.60. The van der Waals surface area contributed by atoms with Gasteiger partial charge in [0, 0.05) is 31.8 Å². The second-order valence-electron chi connectivity index (χ2n) is 7.40. The summed E-state index contributed by atoms with van der Waals surface area (Å²) in [7, 11) is 0. The van der Waals surface area contributed by atoms with Crippen molar-refractivity contribution < 1.29 is 9.59 Å². The summed E-state index contributed by atoms with van der Waals surface area (Å²) >= 11 is 0. The predicted octanol–water partition coefficient (Wildman–Crippen LogP) is 4.22. The van der Waals surface area contributed by atoms with Gasteiger partial charge in [0.05, 0.1) is 0 Å². The Hall–Kier alpha value is -3.21. The molecule has 0 atom stereocenters. The number of rotatable bonds is 5. The molecule has 1 aromatic rings. The van der Waals surface area contributed by atoms with Crippen LogP contribution in [-0.4, -0.2) is 34.8 Å². The fourth-order valence-corrected chi connectivity index (χ4v) is 3.53. The van der Waals surface area contributed by atoms with Crippen molar-refractivity contribution >= 4 is 23.7 Å². The number of hydrogen-bond donors (Lipinski definition) is 1. The number of aryl methyl sites for hydroxylation is 1. The molecule has 2 amide bonds. The number of anilines is 1. The molecule has 3 heterocycles. The zero-order valence-electron chi connectivity index (χ0n) is 16.9. The van der Waals surface area contributed by atoms with Gasteiger partial charge in [0.1, 0.15) is 5.82 Å². The minimum absolute atomic E-state index is 0.00433. The summed E-state index contributed by atoms with van der Waals surface area (Å²) in [5.41, 5.74) is 5.14. The van der Waals surface area contributed by atoms with Crippen molar-refractivity contribution in [3.05, 3.63) is 77.6 Å². The van der Waals surface area contributed by atoms with Crippen molar-refractivity contribution in [3.8, 4) is 0 Å². The second kappa shape index (κ2) is 9.32. The zero-order valence-corrected chi connectivity index (χ0v) is 16.9. The molecule has 0 spiro atoms. The van der Waals surface area contributed by atoms with Crippen LogP contribution in [0, 0.1) is 0 Å². The SMILES string of the molecule is C=C/C(=C\C(=C)C)C1=CCCN(C(=O)/C=C/c2cnc3c(c2)CCC(=O)N3)CC1. The Morgan fingerprint density at radius 2 is 2.10 bits per heavy atom. The minimum Gasteiger partial charge on any atom is -0.339 e. The largest absolute Gasteiger partial charge is 0.339 e. The van der Waals surface area contributed by atoms with Crippen LogP contribution >= 0.6 is 0 Å². The van der Waals surface area contributed by atoms with Crippen LogP contribution in [0.4, 0.5) is 5.82 Å². The summed E-state index contributed by atoms with van der Waals surface area (Å²) < 4.78 is 0. The molecular weight excluding hydrogens is 362 g/mol. The molecule has 0 radical (unpaired) electrons. The number of allylic oxidation sites excluding steroid dienone is 4. The third kappa shape index (κ3) is 5.41. The van der Waals surface area contributed by atoms with E-state index >= 15 is 0 Å². The summed E-state index contributed by atoms with van der Waals surface area (Å²) in [6, 6.07) is 1.98. The first-order chi connectivity index (χ1) is 14.0. The number of carbonyl (C=O) groups is 2. The van der Waals surface area contributed by atoms with Crippen LogP contribution in [0.3, 0.4) is 0 Å². The number of pyridine rings is 1. The van der Waals surface area contributed by atoms with E-state index in [0.717, 1.165) is 35.1 Å². The highest BCUT2D eigenvalue weighted by Crippen LogP contribution is 2.23. The first kappa shape index (κ1) is 20.5. The van der Waals surface area contributed by atoms with E-state index in [2.05, 4.69) is 29.5 Å². The number of nitrogens with zero attached hydrogens (tertiary/aromatic N) is 2. The number of aromatic nitrogens is 1. The van der Waals surface area contributed by atoms with Gasteiger partial charge in [-0.2, -0.15) is 0 Å². The van der Waals surface area contributed by atoms with Crippen molar-refractivity contribution in [3.63, 3.8) is 0 Å². The average Bonchev–Trinajstić information content (AvgIpc) is 2.96. The van der Waals surface area contributed by atoms with Crippen LogP contribution in [0.1, 0.15) is 37.3 Å². The van der Waals surface area contributed by atoms with Crippen LogP contribution in [0.5, 0.6) is 0 Å². The molecule has 0 unspecified atom stereocenters. The van der Waals surface area contributed by atoms with Gasteiger partial charge in [0.25, 0.3) is 0 Å². The topological polar surface area (TPSA) is 62.3 Å². The summed E-state index contributed by atoms with van der Waals surface area (Å²) in [4.78, 5) is 30.3. The number of carbonyl (C=O) groups excluding carboxylic acids is 2. The zero-order chi connectivity index (χ0) is 20.8. The smallest absolute Gasteiger partial charge is 0.246 e. The summed E-state index contributed by atoms with van der Waals surface area (Å²) in [6.07, 6.45) is 13.9. The number of fused-ring (bicyclic) bond motifs is 1. The Morgan fingerprint density at radius 3 is 2.86 bits per heavy atom. The normalized spacial score (nSPS) is 17.3. The van der Waals surface area contributed by atoms with E-state index in [9.17, 15) is 9.59 Å². The van der Waals surface area contributed by atoms with Gasteiger partial charge >= 0.3 is 0 Å². The van der Waals surface area contributed by atoms with Crippen LogP contribution < -0.4 is 5.32 Å². The third-order valence-corrected chi connectivity index (χ3v) is 5.03. The lowest BCUT2D eigenvalue weighted by Crippen LogP contribution is -2.30. The van der Waals surface area contributed by atoms with Gasteiger partial charge in [-0.15, -0.1) is 0 Å². The molecule has 2 aliphatic rings. The van der Waals surface area contributed by atoms with Gasteiger partial charge in [-0.25, -0.2) is 4.98 Å². The van der Waals surface area contributed by atoms with Crippen molar-refractivity contribution in [1.29, 1.82) is 0 Å². The van der Waals surface area contributed by atoms with Crippen molar-refractivity contribution in [1.82, 2.24) is 9.88 Å². The molecule has 2 aliphatic heterocycles. The monoisotopic (exact) mass is 389 g/mol. The van der Waals surface area contributed by atoms with E-state index in [1.54, 1.807) is 18.3 Å². The molecular formula is C24H27N3O2. The van der Waals surface area contributed by atoms with Gasteiger partial charge in [-0.1, -0.05) is 37.0 Å². The van der Waals surface area contributed by atoms with Gasteiger partial charge in [-0.3, -0.25) is 9.59 Å².